The van der Waals surface area contributed by atoms with Crippen LogP contribution in [0.5, 0.6) is 0 Å². The number of nitrogens with zero attached hydrogens (tertiary/aromatic N) is 2. The summed E-state index contributed by atoms with van der Waals surface area (Å²) in [5.41, 5.74) is 1.85. The third-order valence-electron chi connectivity index (χ3n) is 3.96. The molecule has 4 nitrogen and oxygen atoms in total. The van der Waals surface area contributed by atoms with Gasteiger partial charge in [-0.15, -0.1) is 11.6 Å². The Bertz CT molecular complexity index is 773. The second-order valence-corrected chi connectivity index (χ2v) is 9.04. The molecular formula is C14H16BrClN2O2S. The van der Waals surface area contributed by atoms with Gasteiger partial charge in [-0.1, -0.05) is 15.9 Å². The molecule has 1 aliphatic heterocycles. The Labute approximate surface area is 137 Å². The van der Waals surface area contributed by atoms with Crippen molar-refractivity contribution in [1.29, 1.82) is 0 Å². The SMILES string of the molecule is O=S1(=O)CCCC1Cn1c(CCCl)nc2cc(Br)ccc21. The fourth-order valence-electron chi connectivity index (χ4n) is 2.90. The second-order valence-electron chi connectivity index (χ2n) is 5.34. The van der Waals surface area contributed by atoms with Gasteiger partial charge in [-0.3, -0.25) is 0 Å². The van der Waals surface area contributed by atoms with Crippen LogP contribution in [-0.2, 0) is 22.8 Å². The van der Waals surface area contributed by atoms with Crippen LogP contribution in [0.3, 0.4) is 0 Å². The number of aromatic nitrogens is 2. The number of rotatable bonds is 4. The third-order valence-corrected chi connectivity index (χ3v) is 6.90. The van der Waals surface area contributed by atoms with Crippen molar-refractivity contribution in [2.45, 2.75) is 31.1 Å². The zero-order valence-corrected chi connectivity index (χ0v) is 14.6. The number of fused-ring (bicyclic) bond motifs is 1. The summed E-state index contributed by atoms with van der Waals surface area (Å²) in [6.45, 7) is 0.479. The predicted octanol–water partition coefficient (Wildman–Crippen LogP) is 3.16. The highest BCUT2D eigenvalue weighted by Gasteiger charge is 2.32. The first-order valence-electron chi connectivity index (χ1n) is 6.93. The summed E-state index contributed by atoms with van der Waals surface area (Å²) in [4.78, 5) is 4.61. The van der Waals surface area contributed by atoms with Crippen molar-refractivity contribution in [3.63, 3.8) is 0 Å². The van der Waals surface area contributed by atoms with E-state index < -0.39 is 9.84 Å². The van der Waals surface area contributed by atoms with E-state index in [0.29, 0.717) is 24.6 Å². The van der Waals surface area contributed by atoms with Crippen molar-refractivity contribution in [2.75, 3.05) is 11.6 Å². The minimum Gasteiger partial charge on any atom is -0.327 e. The zero-order valence-electron chi connectivity index (χ0n) is 11.4. The van der Waals surface area contributed by atoms with Crippen molar-refractivity contribution >= 4 is 48.4 Å². The van der Waals surface area contributed by atoms with E-state index in [-0.39, 0.29) is 5.25 Å². The summed E-state index contributed by atoms with van der Waals surface area (Å²) < 4.78 is 27.1. The van der Waals surface area contributed by atoms with Crippen LogP contribution < -0.4 is 0 Å². The molecule has 0 radical (unpaired) electrons. The van der Waals surface area contributed by atoms with Crippen molar-refractivity contribution in [2.24, 2.45) is 0 Å². The Kier molecular flexibility index (Phi) is 4.30. The molecule has 0 aliphatic carbocycles. The third kappa shape index (κ3) is 2.98. The second kappa shape index (κ2) is 5.89. The number of benzene rings is 1. The Morgan fingerprint density at radius 1 is 1.43 bits per heavy atom. The molecule has 1 aromatic heterocycles. The Hall–Kier alpha value is -0.590. The Morgan fingerprint density at radius 2 is 2.24 bits per heavy atom. The van der Waals surface area contributed by atoms with E-state index in [0.717, 1.165) is 34.2 Å². The predicted molar refractivity (Wildman–Crippen MR) is 88.7 cm³/mol. The zero-order chi connectivity index (χ0) is 15.0. The van der Waals surface area contributed by atoms with Crippen LogP contribution in [0.2, 0.25) is 0 Å². The van der Waals surface area contributed by atoms with Crippen molar-refractivity contribution in [1.82, 2.24) is 9.55 Å². The maximum Gasteiger partial charge on any atom is 0.154 e. The summed E-state index contributed by atoms with van der Waals surface area (Å²) in [5, 5.41) is -0.298. The molecule has 1 aromatic carbocycles. The molecule has 1 unspecified atom stereocenters. The van der Waals surface area contributed by atoms with Gasteiger partial charge < -0.3 is 4.57 Å². The molecule has 0 N–H and O–H groups in total. The first-order valence-corrected chi connectivity index (χ1v) is 9.98. The van der Waals surface area contributed by atoms with Crippen LogP contribution in [0, 0.1) is 0 Å². The Balaban J connectivity index is 2.05. The van der Waals surface area contributed by atoms with Crippen molar-refractivity contribution < 1.29 is 8.42 Å². The number of sulfone groups is 1. The normalized spacial score (nSPS) is 21.1. The summed E-state index contributed by atoms with van der Waals surface area (Å²) in [7, 11) is -2.96. The number of imidazole rings is 1. The molecule has 2 heterocycles. The minimum absolute atomic E-state index is 0.298. The topological polar surface area (TPSA) is 52.0 Å². The molecule has 7 heteroatoms. The van der Waals surface area contributed by atoms with Gasteiger partial charge in [0.05, 0.1) is 22.0 Å². The first kappa shape index (κ1) is 15.3. The maximum atomic E-state index is 12.1. The summed E-state index contributed by atoms with van der Waals surface area (Å²) in [5.74, 6) is 1.64. The Morgan fingerprint density at radius 3 is 2.90 bits per heavy atom. The lowest BCUT2D eigenvalue weighted by Crippen LogP contribution is -2.23. The van der Waals surface area contributed by atoms with Gasteiger partial charge in [0.1, 0.15) is 5.82 Å². The van der Waals surface area contributed by atoms with E-state index in [9.17, 15) is 8.42 Å². The number of hydrogen-bond donors (Lipinski definition) is 0. The fraction of sp³-hybridized carbons (Fsp3) is 0.500. The minimum atomic E-state index is -2.96. The highest BCUT2D eigenvalue weighted by molar-refractivity contribution is 9.10. The van der Waals surface area contributed by atoms with E-state index in [1.54, 1.807) is 0 Å². The quantitative estimate of drug-likeness (QED) is 0.752. The molecule has 0 amide bonds. The van der Waals surface area contributed by atoms with Gasteiger partial charge in [0.2, 0.25) is 0 Å². The smallest absolute Gasteiger partial charge is 0.154 e. The van der Waals surface area contributed by atoms with E-state index in [1.807, 2.05) is 22.8 Å². The number of hydrogen-bond acceptors (Lipinski definition) is 3. The monoisotopic (exact) mass is 390 g/mol. The van der Waals surface area contributed by atoms with Crippen molar-refractivity contribution in [3.05, 3.63) is 28.5 Å². The number of aryl methyl sites for hydroxylation is 1. The largest absolute Gasteiger partial charge is 0.327 e. The van der Waals surface area contributed by atoms with Gasteiger partial charge in [-0.05, 0) is 31.0 Å². The molecule has 1 atom stereocenters. The van der Waals surface area contributed by atoms with Crippen LogP contribution in [0.1, 0.15) is 18.7 Å². The van der Waals surface area contributed by atoms with Crippen LogP contribution in [0.4, 0.5) is 0 Å². The highest BCUT2D eigenvalue weighted by atomic mass is 79.9. The van der Waals surface area contributed by atoms with Gasteiger partial charge in [0.25, 0.3) is 0 Å². The molecule has 1 fully saturated rings. The summed E-state index contributed by atoms with van der Waals surface area (Å²) in [6, 6.07) is 5.88. The van der Waals surface area contributed by atoms with E-state index in [4.69, 9.17) is 11.6 Å². The van der Waals surface area contributed by atoms with Gasteiger partial charge in [-0.25, -0.2) is 13.4 Å². The van der Waals surface area contributed by atoms with E-state index in [1.165, 1.54) is 0 Å². The van der Waals surface area contributed by atoms with Gasteiger partial charge >= 0.3 is 0 Å². The molecule has 114 valence electrons. The number of halogens is 2. The van der Waals surface area contributed by atoms with E-state index >= 15 is 0 Å². The lowest BCUT2D eigenvalue weighted by atomic mass is 10.2. The summed E-state index contributed by atoms with van der Waals surface area (Å²) >= 11 is 9.30. The lowest BCUT2D eigenvalue weighted by Gasteiger charge is -2.13. The fourth-order valence-corrected chi connectivity index (χ4v) is 5.22. The van der Waals surface area contributed by atoms with Crippen LogP contribution in [-0.4, -0.2) is 34.9 Å². The van der Waals surface area contributed by atoms with Gasteiger partial charge in [0, 0.05) is 23.3 Å². The van der Waals surface area contributed by atoms with Crippen molar-refractivity contribution in [3.8, 4) is 0 Å². The maximum absolute atomic E-state index is 12.1. The highest BCUT2D eigenvalue weighted by Crippen LogP contribution is 2.26. The van der Waals surface area contributed by atoms with E-state index in [2.05, 4.69) is 20.9 Å². The molecular weight excluding hydrogens is 376 g/mol. The molecule has 0 spiro atoms. The molecule has 1 saturated heterocycles. The van der Waals surface area contributed by atoms with Crippen LogP contribution >= 0.6 is 27.5 Å². The first-order chi connectivity index (χ1) is 10.0. The van der Waals surface area contributed by atoms with Gasteiger partial charge in [0.15, 0.2) is 9.84 Å². The van der Waals surface area contributed by atoms with Gasteiger partial charge in [-0.2, -0.15) is 0 Å². The molecule has 0 bridgehead atoms. The molecule has 3 rings (SSSR count). The molecule has 2 aromatic rings. The molecule has 0 saturated carbocycles. The molecule has 21 heavy (non-hydrogen) atoms. The average molecular weight is 392 g/mol. The summed E-state index contributed by atoms with van der Waals surface area (Å²) in [6.07, 6.45) is 2.13. The lowest BCUT2D eigenvalue weighted by molar-refractivity contribution is 0.564. The van der Waals surface area contributed by atoms with Crippen LogP contribution in [0.15, 0.2) is 22.7 Å². The van der Waals surface area contributed by atoms with Crippen LogP contribution in [0.25, 0.3) is 11.0 Å². The number of alkyl halides is 1. The average Bonchev–Trinajstić information content (AvgIpc) is 2.91. The standard InChI is InChI=1S/C14H16BrClN2O2S/c15-10-3-4-13-12(8-10)17-14(5-6-16)18(13)9-11-2-1-7-21(11,19)20/h3-4,8,11H,1-2,5-7,9H2. The molecule has 1 aliphatic rings.